The van der Waals surface area contributed by atoms with Crippen LogP contribution in [0.15, 0.2) is 53.5 Å². The predicted octanol–water partition coefficient (Wildman–Crippen LogP) is 3.51. The Balaban J connectivity index is 1.34. The number of nitrogens with one attached hydrogen (secondary N) is 1. The molecule has 1 saturated heterocycles. The topological polar surface area (TPSA) is 80.1 Å². The van der Waals surface area contributed by atoms with Crippen molar-refractivity contribution in [2.75, 3.05) is 18.0 Å². The van der Waals surface area contributed by atoms with E-state index in [9.17, 15) is 9.59 Å². The number of hydrogen-bond acceptors (Lipinski definition) is 5. The summed E-state index contributed by atoms with van der Waals surface area (Å²) in [4.78, 5) is 37.5. The maximum atomic E-state index is 13.5. The van der Waals surface area contributed by atoms with Gasteiger partial charge in [0.1, 0.15) is 5.52 Å². The summed E-state index contributed by atoms with van der Waals surface area (Å²) < 4.78 is 1.72. The van der Waals surface area contributed by atoms with Crippen LogP contribution >= 0.6 is 0 Å². The third kappa shape index (κ3) is 4.77. The summed E-state index contributed by atoms with van der Waals surface area (Å²) in [6.07, 6.45) is 9.07. The number of anilines is 1. The van der Waals surface area contributed by atoms with Crippen LogP contribution in [0.3, 0.4) is 0 Å². The standard InChI is InChI=1S/C26H31N5O2/c32-25(28-21-10-5-2-6-11-21)20-13-16-30(17-14-20)24-26(33)31(18-19-8-3-1-4-9-19)23-22(29-24)12-7-15-27-23/h1,3-4,7-9,12,15,20-21H,2,5-6,10-11,13-14,16-18H2,(H,28,32). The molecule has 33 heavy (non-hydrogen) atoms. The zero-order valence-corrected chi connectivity index (χ0v) is 18.9. The molecule has 3 heterocycles. The zero-order valence-electron chi connectivity index (χ0n) is 18.9. The summed E-state index contributed by atoms with van der Waals surface area (Å²) in [7, 11) is 0. The second kappa shape index (κ2) is 9.73. The van der Waals surface area contributed by atoms with Crippen molar-refractivity contribution in [2.45, 2.75) is 57.5 Å². The van der Waals surface area contributed by atoms with E-state index in [1.54, 1.807) is 10.8 Å². The molecule has 5 rings (SSSR count). The van der Waals surface area contributed by atoms with Crippen molar-refractivity contribution in [3.8, 4) is 0 Å². The molecule has 172 valence electrons. The van der Waals surface area contributed by atoms with Crippen LogP contribution in [0.1, 0.15) is 50.5 Å². The largest absolute Gasteiger partial charge is 0.353 e. The number of pyridine rings is 1. The molecular weight excluding hydrogens is 414 g/mol. The second-order valence-electron chi connectivity index (χ2n) is 9.26. The van der Waals surface area contributed by atoms with Crippen molar-refractivity contribution in [2.24, 2.45) is 5.92 Å². The van der Waals surface area contributed by atoms with Crippen LogP contribution in [0.5, 0.6) is 0 Å². The normalized spacial score (nSPS) is 17.9. The maximum absolute atomic E-state index is 13.5. The summed E-state index contributed by atoms with van der Waals surface area (Å²) >= 11 is 0. The van der Waals surface area contributed by atoms with E-state index >= 15 is 0 Å². The van der Waals surface area contributed by atoms with Gasteiger partial charge < -0.3 is 10.2 Å². The Morgan fingerprint density at radius 1 is 0.970 bits per heavy atom. The van der Waals surface area contributed by atoms with Gasteiger partial charge in [-0.2, -0.15) is 0 Å². The van der Waals surface area contributed by atoms with E-state index in [1.165, 1.54) is 19.3 Å². The third-order valence-corrected chi connectivity index (χ3v) is 6.98. The van der Waals surface area contributed by atoms with E-state index in [4.69, 9.17) is 4.98 Å². The van der Waals surface area contributed by atoms with Gasteiger partial charge in [0.25, 0.3) is 5.56 Å². The summed E-state index contributed by atoms with van der Waals surface area (Å²) in [5.41, 5.74) is 2.22. The smallest absolute Gasteiger partial charge is 0.295 e. The first-order valence-electron chi connectivity index (χ1n) is 12.1. The fourth-order valence-electron chi connectivity index (χ4n) is 5.10. The van der Waals surface area contributed by atoms with Crippen molar-refractivity contribution in [1.29, 1.82) is 0 Å². The van der Waals surface area contributed by atoms with Gasteiger partial charge in [0.15, 0.2) is 11.5 Å². The molecule has 1 saturated carbocycles. The number of hydrogen-bond donors (Lipinski definition) is 1. The highest BCUT2D eigenvalue weighted by molar-refractivity contribution is 5.79. The molecule has 0 unspecified atom stereocenters. The lowest BCUT2D eigenvalue weighted by Gasteiger charge is -2.33. The minimum atomic E-state index is -0.129. The predicted molar refractivity (Wildman–Crippen MR) is 129 cm³/mol. The molecule has 2 aliphatic rings. The number of rotatable bonds is 5. The van der Waals surface area contributed by atoms with Crippen molar-refractivity contribution in [1.82, 2.24) is 19.9 Å². The minimum Gasteiger partial charge on any atom is -0.353 e. The lowest BCUT2D eigenvalue weighted by atomic mass is 9.92. The average molecular weight is 446 g/mol. The molecule has 1 amide bonds. The Morgan fingerprint density at radius 3 is 2.48 bits per heavy atom. The highest BCUT2D eigenvalue weighted by Gasteiger charge is 2.29. The first-order valence-corrected chi connectivity index (χ1v) is 12.1. The number of amides is 1. The molecule has 0 radical (unpaired) electrons. The average Bonchev–Trinajstić information content (AvgIpc) is 2.87. The molecule has 1 aliphatic carbocycles. The van der Waals surface area contributed by atoms with E-state index in [0.29, 0.717) is 42.7 Å². The van der Waals surface area contributed by atoms with Crippen molar-refractivity contribution < 1.29 is 4.79 Å². The number of fused-ring (bicyclic) bond motifs is 1. The van der Waals surface area contributed by atoms with E-state index in [2.05, 4.69) is 10.3 Å². The molecule has 1 aliphatic heterocycles. The van der Waals surface area contributed by atoms with Crippen LogP contribution < -0.4 is 15.8 Å². The first kappa shape index (κ1) is 21.6. The summed E-state index contributed by atoms with van der Waals surface area (Å²) in [6.45, 7) is 1.76. The van der Waals surface area contributed by atoms with Gasteiger partial charge in [-0.05, 0) is 43.4 Å². The van der Waals surface area contributed by atoms with E-state index in [-0.39, 0.29) is 17.4 Å². The van der Waals surface area contributed by atoms with Gasteiger partial charge in [0.2, 0.25) is 5.91 Å². The number of aromatic nitrogens is 3. The maximum Gasteiger partial charge on any atom is 0.295 e. The fraction of sp³-hybridized carbons (Fsp3) is 0.462. The molecule has 0 spiro atoms. The van der Waals surface area contributed by atoms with Crippen LogP contribution in [-0.4, -0.2) is 39.6 Å². The third-order valence-electron chi connectivity index (χ3n) is 6.98. The molecule has 0 bridgehead atoms. The van der Waals surface area contributed by atoms with Crippen molar-refractivity contribution in [3.05, 3.63) is 64.6 Å². The Hall–Kier alpha value is -3.22. The van der Waals surface area contributed by atoms with Gasteiger partial charge in [-0.15, -0.1) is 0 Å². The van der Waals surface area contributed by atoms with Gasteiger partial charge in [-0.1, -0.05) is 49.6 Å². The molecular formula is C26H31N5O2. The van der Waals surface area contributed by atoms with Crippen LogP contribution in [0.4, 0.5) is 5.82 Å². The van der Waals surface area contributed by atoms with E-state index in [1.807, 2.05) is 47.4 Å². The highest BCUT2D eigenvalue weighted by atomic mass is 16.2. The van der Waals surface area contributed by atoms with E-state index < -0.39 is 0 Å². The van der Waals surface area contributed by atoms with Gasteiger partial charge in [0.05, 0.1) is 6.54 Å². The molecule has 1 aromatic carbocycles. The fourth-order valence-corrected chi connectivity index (χ4v) is 5.10. The second-order valence-corrected chi connectivity index (χ2v) is 9.26. The molecule has 1 N–H and O–H groups in total. The summed E-state index contributed by atoms with van der Waals surface area (Å²) in [6, 6.07) is 14.0. The Labute approximate surface area is 193 Å². The minimum absolute atomic E-state index is 0.0110. The van der Waals surface area contributed by atoms with Crippen molar-refractivity contribution in [3.63, 3.8) is 0 Å². The van der Waals surface area contributed by atoms with Crippen LogP contribution in [0.25, 0.3) is 11.2 Å². The molecule has 3 aromatic rings. The molecule has 0 atom stereocenters. The Bertz CT molecular complexity index is 1160. The first-order chi connectivity index (χ1) is 16.2. The SMILES string of the molecule is O=C(NC1CCCCC1)C1CCN(c2nc3cccnc3n(Cc3ccccc3)c2=O)CC1. The number of carbonyl (C=O) groups is 1. The van der Waals surface area contributed by atoms with Crippen LogP contribution in [-0.2, 0) is 11.3 Å². The molecule has 2 fully saturated rings. The lowest BCUT2D eigenvalue weighted by molar-refractivity contribution is -0.126. The van der Waals surface area contributed by atoms with Gasteiger partial charge in [0, 0.05) is 31.2 Å². The summed E-state index contributed by atoms with van der Waals surface area (Å²) in [5.74, 6) is 0.646. The Morgan fingerprint density at radius 2 is 1.73 bits per heavy atom. The monoisotopic (exact) mass is 445 g/mol. The lowest BCUT2D eigenvalue weighted by Crippen LogP contribution is -2.46. The zero-order chi connectivity index (χ0) is 22.6. The number of benzene rings is 1. The Kier molecular flexibility index (Phi) is 6.37. The highest BCUT2D eigenvalue weighted by Crippen LogP contribution is 2.23. The number of piperidine rings is 1. The van der Waals surface area contributed by atoms with Crippen molar-refractivity contribution >= 4 is 22.9 Å². The number of carbonyl (C=O) groups excluding carboxylic acids is 1. The van der Waals surface area contributed by atoms with Gasteiger partial charge in [-0.25, -0.2) is 9.97 Å². The molecule has 2 aromatic heterocycles. The quantitative estimate of drug-likeness (QED) is 0.650. The molecule has 7 nitrogen and oxygen atoms in total. The number of nitrogens with zero attached hydrogens (tertiary/aromatic N) is 4. The van der Waals surface area contributed by atoms with Gasteiger partial charge in [-0.3, -0.25) is 14.2 Å². The molecule has 7 heteroatoms. The van der Waals surface area contributed by atoms with Gasteiger partial charge >= 0.3 is 0 Å². The van der Waals surface area contributed by atoms with Crippen LogP contribution in [0, 0.1) is 5.92 Å². The van der Waals surface area contributed by atoms with E-state index in [0.717, 1.165) is 31.2 Å². The van der Waals surface area contributed by atoms with Crippen LogP contribution in [0.2, 0.25) is 0 Å². The summed E-state index contributed by atoms with van der Waals surface area (Å²) in [5, 5.41) is 3.27.